The Morgan fingerprint density at radius 3 is 2.65 bits per heavy atom. The van der Waals surface area contributed by atoms with Gasteiger partial charge in [-0.1, -0.05) is 23.2 Å². The van der Waals surface area contributed by atoms with Gasteiger partial charge in [-0.15, -0.1) is 0 Å². The summed E-state index contributed by atoms with van der Waals surface area (Å²) in [4.78, 5) is 10.6. The molecule has 0 saturated carbocycles. The molecule has 92 valence electrons. The summed E-state index contributed by atoms with van der Waals surface area (Å²) in [5.41, 5.74) is 1.12. The molecule has 0 atom stereocenters. The van der Waals surface area contributed by atoms with Gasteiger partial charge in [0, 0.05) is 16.7 Å². The van der Waals surface area contributed by atoms with Crippen molar-refractivity contribution in [1.29, 1.82) is 0 Å². The maximum absolute atomic E-state index is 10.6. The largest absolute Gasteiger partial charge is 0.492 e. The maximum Gasteiger partial charge on any atom is 0.328 e. The molecule has 0 aromatic heterocycles. The van der Waals surface area contributed by atoms with Gasteiger partial charge in [-0.3, -0.25) is 0 Å². The van der Waals surface area contributed by atoms with Crippen molar-refractivity contribution in [3.63, 3.8) is 0 Å². The number of hydrogen-bond donors (Lipinski definition) is 1. The Morgan fingerprint density at radius 1 is 1.47 bits per heavy atom. The van der Waals surface area contributed by atoms with Crippen LogP contribution in [-0.4, -0.2) is 17.7 Å². The van der Waals surface area contributed by atoms with Crippen LogP contribution in [0, 0.1) is 0 Å². The lowest BCUT2D eigenvalue weighted by atomic mass is 10.1. The first-order valence-electron chi connectivity index (χ1n) is 4.99. The fourth-order valence-corrected chi connectivity index (χ4v) is 1.96. The molecule has 1 aromatic rings. The monoisotopic (exact) mass is 274 g/mol. The zero-order valence-corrected chi connectivity index (χ0v) is 11.0. The molecule has 0 radical (unpaired) electrons. The fourth-order valence-electron chi connectivity index (χ4n) is 1.41. The van der Waals surface area contributed by atoms with E-state index in [9.17, 15) is 4.79 Å². The van der Waals surface area contributed by atoms with Crippen molar-refractivity contribution in [3.05, 3.63) is 33.8 Å². The molecule has 0 bridgehead atoms. The van der Waals surface area contributed by atoms with E-state index in [0.717, 1.165) is 6.08 Å². The zero-order valence-electron chi connectivity index (χ0n) is 9.46. The molecule has 1 rings (SSSR count). The third kappa shape index (κ3) is 3.65. The van der Waals surface area contributed by atoms with Crippen molar-refractivity contribution in [2.24, 2.45) is 0 Å². The van der Waals surface area contributed by atoms with E-state index < -0.39 is 5.97 Å². The molecule has 0 fully saturated rings. The normalized spacial score (nSPS) is 11.4. The number of hydrogen-bond acceptors (Lipinski definition) is 2. The topological polar surface area (TPSA) is 46.5 Å². The van der Waals surface area contributed by atoms with E-state index in [1.165, 1.54) is 0 Å². The van der Waals surface area contributed by atoms with Gasteiger partial charge in [0.25, 0.3) is 0 Å². The van der Waals surface area contributed by atoms with Gasteiger partial charge in [0.05, 0.1) is 11.6 Å². The first kappa shape index (κ1) is 13.9. The van der Waals surface area contributed by atoms with Crippen molar-refractivity contribution in [2.75, 3.05) is 6.61 Å². The Balaban J connectivity index is 3.34. The van der Waals surface area contributed by atoms with Crippen LogP contribution in [0.15, 0.2) is 18.2 Å². The number of carboxylic acid groups (broad SMARTS) is 1. The second-order valence-corrected chi connectivity index (χ2v) is 4.21. The number of aliphatic carboxylic acids is 1. The summed E-state index contributed by atoms with van der Waals surface area (Å²) in [6.45, 7) is 3.93. The minimum Gasteiger partial charge on any atom is -0.492 e. The van der Waals surface area contributed by atoms with Crippen LogP contribution in [0.4, 0.5) is 0 Å². The Kier molecular flexibility index (Phi) is 4.85. The molecule has 0 amide bonds. The molecule has 0 heterocycles. The average molecular weight is 275 g/mol. The number of rotatable bonds is 4. The number of ether oxygens (including phenoxy) is 1. The van der Waals surface area contributed by atoms with E-state index in [1.54, 1.807) is 19.1 Å². The Bertz CT molecular complexity index is 467. The molecule has 0 spiro atoms. The van der Waals surface area contributed by atoms with Crippen LogP contribution in [-0.2, 0) is 4.79 Å². The lowest BCUT2D eigenvalue weighted by Crippen LogP contribution is -1.98. The zero-order chi connectivity index (χ0) is 13.0. The van der Waals surface area contributed by atoms with Crippen LogP contribution < -0.4 is 4.74 Å². The second kappa shape index (κ2) is 5.94. The van der Waals surface area contributed by atoms with Crippen molar-refractivity contribution in [3.8, 4) is 5.75 Å². The van der Waals surface area contributed by atoms with E-state index in [-0.39, 0.29) is 0 Å². The highest BCUT2D eigenvalue weighted by Crippen LogP contribution is 2.36. The first-order valence-corrected chi connectivity index (χ1v) is 5.74. The van der Waals surface area contributed by atoms with E-state index >= 15 is 0 Å². The highest BCUT2D eigenvalue weighted by Gasteiger charge is 2.12. The Hall–Kier alpha value is -1.19. The van der Waals surface area contributed by atoms with E-state index in [2.05, 4.69) is 0 Å². The van der Waals surface area contributed by atoms with Crippen LogP contribution in [0.3, 0.4) is 0 Å². The second-order valence-electron chi connectivity index (χ2n) is 3.36. The van der Waals surface area contributed by atoms with Gasteiger partial charge in [-0.05, 0) is 31.6 Å². The molecule has 0 aliphatic carbocycles. The van der Waals surface area contributed by atoms with Gasteiger partial charge in [-0.2, -0.15) is 0 Å². The summed E-state index contributed by atoms with van der Waals surface area (Å²) in [6.07, 6.45) is 1.09. The van der Waals surface area contributed by atoms with Crippen molar-refractivity contribution in [1.82, 2.24) is 0 Å². The molecule has 17 heavy (non-hydrogen) atoms. The van der Waals surface area contributed by atoms with Crippen molar-refractivity contribution < 1.29 is 14.6 Å². The van der Waals surface area contributed by atoms with E-state index in [0.29, 0.717) is 33.5 Å². The summed E-state index contributed by atoms with van der Waals surface area (Å²) >= 11 is 11.9. The highest BCUT2D eigenvalue weighted by atomic mass is 35.5. The smallest absolute Gasteiger partial charge is 0.328 e. The Morgan fingerprint density at radius 2 is 2.12 bits per heavy atom. The average Bonchev–Trinajstić information content (AvgIpc) is 2.20. The first-order chi connectivity index (χ1) is 7.95. The summed E-state index contributed by atoms with van der Waals surface area (Å²) in [5.74, 6) is -0.574. The summed E-state index contributed by atoms with van der Waals surface area (Å²) in [6, 6.07) is 3.19. The molecule has 3 nitrogen and oxygen atoms in total. The SMILES string of the molecule is CCOc1c(Cl)cc(Cl)cc1/C(C)=C/C(=O)O. The third-order valence-corrected chi connectivity index (χ3v) is 2.56. The maximum atomic E-state index is 10.6. The molecule has 0 aliphatic heterocycles. The minimum absolute atomic E-state index is 0.368. The van der Waals surface area contributed by atoms with Gasteiger partial charge in [-0.25, -0.2) is 4.79 Å². The molecule has 1 N–H and O–H groups in total. The minimum atomic E-state index is -1.03. The van der Waals surface area contributed by atoms with Crippen LogP contribution in [0.5, 0.6) is 5.75 Å². The lowest BCUT2D eigenvalue weighted by Gasteiger charge is -2.12. The summed E-state index contributed by atoms with van der Waals surface area (Å²) in [7, 11) is 0. The molecular formula is C12H12Cl2O3. The van der Waals surface area contributed by atoms with E-state index in [1.807, 2.05) is 6.92 Å². The fraction of sp³-hybridized carbons (Fsp3) is 0.250. The van der Waals surface area contributed by atoms with Gasteiger partial charge in [0.2, 0.25) is 0 Å². The van der Waals surface area contributed by atoms with Crippen LogP contribution >= 0.6 is 23.2 Å². The van der Waals surface area contributed by atoms with Gasteiger partial charge < -0.3 is 9.84 Å². The van der Waals surface area contributed by atoms with Crippen LogP contribution in [0.1, 0.15) is 19.4 Å². The molecule has 1 aromatic carbocycles. The van der Waals surface area contributed by atoms with Gasteiger partial charge >= 0.3 is 5.97 Å². The number of carboxylic acids is 1. The van der Waals surface area contributed by atoms with Crippen molar-refractivity contribution >= 4 is 34.7 Å². The summed E-state index contributed by atoms with van der Waals surface area (Å²) < 4.78 is 5.40. The molecule has 0 unspecified atom stereocenters. The third-order valence-electron chi connectivity index (χ3n) is 2.06. The molecule has 0 aliphatic rings. The van der Waals surface area contributed by atoms with Crippen LogP contribution in [0.25, 0.3) is 5.57 Å². The van der Waals surface area contributed by atoms with Gasteiger partial charge in [0.1, 0.15) is 5.75 Å². The molecule has 5 heteroatoms. The summed E-state index contributed by atoms with van der Waals surface area (Å²) in [5, 5.41) is 9.53. The Labute approximate surface area is 110 Å². The lowest BCUT2D eigenvalue weighted by molar-refractivity contribution is -0.131. The van der Waals surface area contributed by atoms with Gasteiger partial charge in [0.15, 0.2) is 0 Å². The number of benzene rings is 1. The van der Waals surface area contributed by atoms with Crippen LogP contribution in [0.2, 0.25) is 10.0 Å². The molecule has 0 saturated heterocycles. The van der Waals surface area contributed by atoms with Crippen molar-refractivity contribution in [2.45, 2.75) is 13.8 Å². The van der Waals surface area contributed by atoms with E-state index in [4.69, 9.17) is 33.0 Å². The quantitative estimate of drug-likeness (QED) is 0.848. The predicted molar refractivity (Wildman–Crippen MR) is 68.9 cm³/mol. The highest BCUT2D eigenvalue weighted by molar-refractivity contribution is 6.36. The standard InChI is InChI=1S/C12H12Cl2O3/c1-3-17-12-9(7(2)4-11(15)16)5-8(13)6-10(12)14/h4-6H,3H2,1-2H3,(H,15,16)/b7-4+. The molecular weight excluding hydrogens is 263 g/mol. The predicted octanol–water partition coefficient (Wildman–Crippen LogP) is 3.88. The number of allylic oxidation sites excluding steroid dienone is 1. The number of halogens is 2. The number of carbonyl (C=O) groups is 1.